The third kappa shape index (κ3) is 5.22. The molecule has 1 aliphatic carbocycles. The molecule has 0 unspecified atom stereocenters. The minimum absolute atomic E-state index is 0.154. The Morgan fingerprint density at radius 2 is 1.92 bits per heavy atom. The number of rotatable bonds is 9. The van der Waals surface area contributed by atoms with Crippen molar-refractivity contribution in [3.8, 4) is 5.75 Å². The quantitative estimate of drug-likeness (QED) is 0.278. The number of nitrogens with zero attached hydrogens (tertiary/aromatic N) is 5. The third-order valence-corrected chi connectivity index (χ3v) is 7.61. The molecule has 39 heavy (non-hydrogen) atoms. The van der Waals surface area contributed by atoms with Crippen molar-refractivity contribution in [1.29, 1.82) is 0 Å². The molecule has 2 aromatic carbocycles. The standard InChI is InChI=1S/C30H32N6O3/c1-20-9-12-22-17-26(30(37)31-27(22)16-20)28(29-32-33-34-36(29)23-6-3-4-7-23)35(19-25-8-5-15-39-25)18-21-10-13-24(38-2)14-11-21/h5,8-17,23,28H,3-4,6-7,18-19H2,1-2H3,(H,31,37)/t28-/m1/s1. The molecule has 1 atom stereocenters. The molecule has 0 amide bonds. The van der Waals surface area contributed by atoms with Crippen LogP contribution in [0.2, 0.25) is 0 Å². The van der Waals surface area contributed by atoms with Crippen LogP contribution in [-0.4, -0.2) is 37.2 Å². The Labute approximate surface area is 226 Å². The second-order valence-corrected chi connectivity index (χ2v) is 10.3. The van der Waals surface area contributed by atoms with E-state index in [0.717, 1.165) is 59.2 Å². The van der Waals surface area contributed by atoms with Gasteiger partial charge < -0.3 is 14.1 Å². The van der Waals surface area contributed by atoms with E-state index in [0.29, 0.717) is 24.5 Å². The summed E-state index contributed by atoms with van der Waals surface area (Å²) < 4.78 is 13.1. The number of benzene rings is 2. The van der Waals surface area contributed by atoms with E-state index in [1.54, 1.807) is 13.4 Å². The van der Waals surface area contributed by atoms with Crippen molar-refractivity contribution in [2.45, 2.75) is 57.8 Å². The summed E-state index contributed by atoms with van der Waals surface area (Å²) in [5.41, 5.74) is 3.41. The van der Waals surface area contributed by atoms with Gasteiger partial charge in [0.25, 0.3) is 5.56 Å². The zero-order valence-electron chi connectivity index (χ0n) is 22.2. The Hall–Kier alpha value is -4.24. The smallest absolute Gasteiger partial charge is 0.253 e. The van der Waals surface area contributed by atoms with Crippen LogP contribution < -0.4 is 10.3 Å². The molecule has 0 saturated heterocycles. The highest BCUT2D eigenvalue weighted by molar-refractivity contribution is 5.79. The van der Waals surface area contributed by atoms with Crippen molar-refractivity contribution >= 4 is 10.9 Å². The number of hydrogen-bond acceptors (Lipinski definition) is 7. The third-order valence-electron chi connectivity index (χ3n) is 7.61. The van der Waals surface area contributed by atoms with Crippen molar-refractivity contribution in [3.63, 3.8) is 0 Å². The topological polar surface area (TPSA) is 102 Å². The predicted octanol–water partition coefficient (Wildman–Crippen LogP) is 5.33. The van der Waals surface area contributed by atoms with Crippen LogP contribution in [0.1, 0.15) is 66.0 Å². The Morgan fingerprint density at radius 1 is 1.10 bits per heavy atom. The van der Waals surface area contributed by atoms with Gasteiger partial charge in [-0.3, -0.25) is 9.69 Å². The zero-order valence-corrected chi connectivity index (χ0v) is 22.2. The number of pyridine rings is 1. The minimum Gasteiger partial charge on any atom is -0.497 e. The van der Waals surface area contributed by atoms with Crippen molar-refractivity contribution in [2.24, 2.45) is 0 Å². The Bertz CT molecular complexity index is 1600. The van der Waals surface area contributed by atoms with Gasteiger partial charge in [0, 0.05) is 17.6 Å². The summed E-state index contributed by atoms with van der Waals surface area (Å²) in [6.07, 6.45) is 6.01. The summed E-state index contributed by atoms with van der Waals surface area (Å²) >= 11 is 0. The second-order valence-electron chi connectivity index (χ2n) is 10.3. The van der Waals surface area contributed by atoms with E-state index in [9.17, 15) is 4.79 Å². The number of ether oxygens (including phenoxy) is 1. The normalized spacial score (nSPS) is 14.8. The van der Waals surface area contributed by atoms with Gasteiger partial charge >= 0.3 is 0 Å². The summed E-state index contributed by atoms with van der Waals surface area (Å²) in [5, 5.41) is 14.1. The molecule has 1 fully saturated rings. The van der Waals surface area contributed by atoms with E-state index < -0.39 is 6.04 Å². The van der Waals surface area contributed by atoms with Gasteiger partial charge in [0.1, 0.15) is 17.6 Å². The highest BCUT2D eigenvalue weighted by Crippen LogP contribution is 2.35. The Balaban J connectivity index is 1.51. The summed E-state index contributed by atoms with van der Waals surface area (Å²) in [7, 11) is 1.66. The zero-order chi connectivity index (χ0) is 26.8. The van der Waals surface area contributed by atoms with Crippen LogP contribution in [0.25, 0.3) is 10.9 Å². The fourth-order valence-electron chi connectivity index (χ4n) is 5.63. The van der Waals surface area contributed by atoms with Gasteiger partial charge in [-0.2, -0.15) is 0 Å². The summed E-state index contributed by atoms with van der Waals surface area (Å²) in [6, 6.07) is 19.6. The number of hydrogen-bond donors (Lipinski definition) is 1. The molecule has 3 aromatic heterocycles. The van der Waals surface area contributed by atoms with Gasteiger partial charge in [-0.05, 0) is 83.1 Å². The average Bonchev–Trinajstić information content (AvgIpc) is 3.73. The lowest BCUT2D eigenvalue weighted by molar-refractivity contribution is 0.176. The molecule has 0 spiro atoms. The summed E-state index contributed by atoms with van der Waals surface area (Å²) in [4.78, 5) is 19.1. The Kier molecular flexibility index (Phi) is 6.98. The molecule has 9 heteroatoms. The largest absolute Gasteiger partial charge is 0.497 e. The van der Waals surface area contributed by atoms with E-state index in [1.165, 1.54) is 0 Å². The molecular formula is C30H32N6O3. The van der Waals surface area contributed by atoms with E-state index in [2.05, 4.69) is 31.5 Å². The van der Waals surface area contributed by atoms with E-state index in [1.807, 2.05) is 66.2 Å². The van der Waals surface area contributed by atoms with Crippen LogP contribution >= 0.6 is 0 Å². The van der Waals surface area contributed by atoms with Gasteiger partial charge in [-0.15, -0.1) is 5.10 Å². The molecule has 5 aromatic rings. The first-order valence-electron chi connectivity index (χ1n) is 13.4. The van der Waals surface area contributed by atoms with Crippen LogP contribution in [0.5, 0.6) is 5.75 Å². The van der Waals surface area contributed by atoms with Gasteiger partial charge in [-0.25, -0.2) is 4.68 Å². The lowest BCUT2D eigenvalue weighted by Gasteiger charge is -2.31. The molecule has 6 rings (SSSR count). The lowest BCUT2D eigenvalue weighted by atomic mass is 10.0. The molecule has 0 aliphatic heterocycles. The van der Waals surface area contributed by atoms with Crippen LogP contribution in [-0.2, 0) is 13.1 Å². The van der Waals surface area contributed by atoms with Crippen molar-refractivity contribution in [2.75, 3.05) is 7.11 Å². The van der Waals surface area contributed by atoms with Crippen LogP contribution in [0.3, 0.4) is 0 Å². The number of aryl methyl sites for hydroxylation is 1. The van der Waals surface area contributed by atoms with Crippen LogP contribution in [0.15, 0.2) is 76.1 Å². The molecule has 0 bridgehead atoms. The first kappa shape index (κ1) is 25.1. The van der Waals surface area contributed by atoms with Gasteiger partial charge in [-0.1, -0.05) is 37.1 Å². The maximum atomic E-state index is 13.8. The maximum absolute atomic E-state index is 13.8. The number of tetrazole rings is 1. The average molecular weight is 525 g/mol. The van der Waals surface area contributed by atoms with E-state index in [-0.39, 0.29) is 11.6 Å². The first-order valence-corrected chi connectivity index (χ1v) is 13.4. The van der Waals surface area contributed by atoms with Gasteiger partial charge in [0.2, 0.25) is 0 Å². The molecule has 1 N–H and O–H groups in total. The second kappa shape index (κ2) is 10.9. The number of furan rings is 1. The van der Waals surface area contributed by atoms with Crippen molar-refractivity contribution in [3.05, 3.63) is 106 Å². The number of aromatic amines is 1. The van der Waals surface area contributed by atoms with Crippen molar-refractivity contribution in [1.82, 2.24) is 30.1 Å². The molecule has 9 nitrogen and oxygen atoms in total. The molecule has 0 radical (unpaired) electrons. The monoisotopic (exact) mass is 524 g/mol. The minimum atomic E-state index is -0.512. The van der Waals surface area contributed by atoms with E-state index in [4.69, 9.17) is 9.15 Å². The highest BCUT2D eigenvalue weighted by atomic mass is 16.5. The molecule has 1 aliphatic rings. The first-order chi connectivity index (χ1) is 19.1. The van der Waals surface area contributed by atoms with Gasteiger partial charge in [0.05, 0.1) is 26.0 Å². The number of H-pyrrole nitrogens is 1. The predicted molar refractivity (Wildman–Crippen MR) is 147 cm³/mol. The molecular weight excluding hydrogens is 492 g/mol. The number of fused-ring (bicyclic) bond motifs is 1. The maximum Gasteiger partial charge on any atom is 0.253 e. The number of nitrogens with one attached hydrogen (secondary N) is 1. The van der Waals surface area contributed by atoms with Crippen molar-refractivity contribution < 1.29 is 9.15 Å². The van der Waals surface area contributed by atoms with Gasteiger partial charge in [0.15, 0.2) is 5.82 Å². The molecule has 1 saturated carbocycles. The fraction of sp³-hybridized carbons (Fsp3) is 0.333. The summed E-state index contributed by atoms with van der Waals surface area (Å²) in [5.74, 6) is 2.25. The Morgan fingerprint density at radius 3 is 2.67 bits per heavy atom. The van der Waals surface area contributed by atoms with Crippen LogP contribution in [0, 0.1) is 6.92 Å². The summed E-state index contributed by atoms with van der Waals surface area (Å²) in [6.45, 7) is 3.02. The SMILES string of the molecule is COc1ccc(CN(Cc2ccco2)[C@H](c2cc3ccc(C)cc3[nH]c2=O)c2nnnn2C2CCCC2)cc1. The highest BCUT2D eigenvalue weighted by Gasteiger charge is 2.34. The van der Waals surface area contributed by atoms with Crippen LogP contribution in [0.4, 0.5) is 0 Å². The molecule has 200 valence electrons. The van der Waals surface area contributed by atoms with E-state index >= 15 is 0 Å². The number of methoxy groups -OCH3 is 1. The molecule has 3 heterocycles. The fourth-order valence-corrected chi connectivity index (χ4v) is 5.63. The number of aromatic nitrogens is 5. The lowest BCUT2D eigenvalue weighted by Crippen LogP contribution is -2.35.